The van der Waals surface area contributed by atoms with E-state index in [9.17, 15) is 9.59 Å². The maximum Gasteiger partial charge on any atom is 0.252 e. The Hall–Kier alpha value is -3.34. The molecule has 0 unspecified atom stereocenters. The molecule has 4 rings (SSSR count). The highest BCUT2D eigenvalue weighted by Gasteiger charge is 2.42. The fourth-order valence-corrected chi connectivity index (χ4v) is 4.69. The van der Waals surface area contributed by atoms with Gasteiger partial charge in [-0.2, -0.15) is 5.26 Å². The molecule has 2 fully saturated rings. The van der Waals surface area contributed by atoms with Crippen LogP contribution >= 0.6 is 0 Å². The summed E-state index contributed by atoms with van der Waals surface area (Å²) >= 11 is 0. The van der Waals surface area contributed by atoms with Crippen molar-refractivity contribution in [2.75, 3.05) is 13.1 Å². The molecule has 0 radical (unpaired) electrons. The second-order valence-corrected chi connectivity index (χ2v) is 8.59. The zero-order chi connectivity index (χ0) is 22.1. The van der Waals surface area contributed by atoms with Gasteiger partial charge in [0, 0.05) is 30.6 Å². The first-order chi connectivity index (χ1) is 14.9. The molecule has 2 bridgehead atoms. The van der Waals surface area contributed by atoms with Crippen LogP contribution < -0.4 is 15.2 Å². The van der Waals surface area contributed by atoms with Crippen molar-refractivity contribution in [3.8, 4) is 17.6 Å². The number of amides is 2. The topological polar surface area (TPSA) is 119 Å². The van der Waals surface area contributed by atoms with Gasteiger partial charge in [0.2, 0.25) is 5.91 Å². The minimum atomic E-state index is -0.572. The third-order valence-corrected chi connectivity index (χ3v) is 5.95. The highest BCUT2D eigenvalue weighted by atomic mass is 16.5. The predicted octanol–water partition coefficient (Wildman–Crippen LogP) is 2.65. The van der Waals surface area contributed by atoms with E-state index in [2.05, 4.69) is 4.98 Å². The predicted molar refractivity (Wildman–Crippen MR) is 113 cm³/mol. The van der Waals surface area contributed by atoms with Crippen molar-refractivity contribution in [1.29, 1.82) is 5.26 Å². The van der Waals surface area contributed by atoms with E-state index in [1.165, 1.54) is 0 Å². The average molecular weight is 422 g/mol. The number of primary amides is 1. The SMILES string of the molecule is CC(C)Oc1cc2c(O[C@H]3C[C@@H]4C[C@H]3CN(C(=O)CC#N)C4)ccnc2cc1C(N)=O. The summed E-state index contributed by atoms with van der Waals surface area (Å²) in [7, 11) is 0. The molecular formula is C23H26N4O4. The fourth-order valence-electron chi connectivity index (χ4n) is 4.69. The van der Waals surface area contributed by atoms with Gasteiger partial charge in [-0.05, 0) is 50.8 Å². The third-order valence-electron chi connectivity index (χ3n) is 5.95. The summed E-state index contributed by atoms with van der Waals surface area (Å²) in [5.41, 5.74) is 6.43. The molecular weight excluding hydrogens is 396 g/mol. The smallest absolute Gasteiger partial charge is 0.252 e. The highest BCUT2D eigenvalue weighted by molar-refractivity contribution is 6.01. The molecule has 2 aromatic rings. The molecule has 3 atom stereocenters. The number of carbonyl (C=O) groups is 2. The lowest BCUT2D eigenvalue weighted by molar-refractivity contribution is -0.132. The van der Waals surface area contributed by atoms with E-state index in [-0.39, 0.29) is 36.0 Å². The molecule has 1 aliphatic heterocycles. The van der Waals surface area contributed by atoms with Crippen LogP contribution in [0.25, 0.3) is 10.9 Å². The first kappa shape index (κ1) is 20.9. The average Bonchev–Trinajstić information content (AvgIpc) is 3.00. The number of hydrogen-bond donors (Lipinski definition) is 1. The van der Waals surface area contributed by atoms with E-state index in [4.69, 9.17) is 20.5 Å². The number of pyridine rings is 1. The summed E-state index contributed by atoms with van der Waals surface area (Å²) < 4.78 is 12.3. The number of nitriles is 1. The highest BCUT2D eigenvalue weighted by Crippen LogP contribution is 2.41. The number of aromatic nitrogens is 1. The second-order valence-electron chi connectivity index (χ2n) is 8.59. The van der Waals surface area contributed by atoms with Crippen LogP contribution in [-0.2, 0) is 4.79 Å². The molecule has 31 heavy (non-hydrogen) atoms. The maximum atomic E-state index is 12.2. The van der Waals surface area contributed by atoms with Gasteiger partial charge in [-0.3, -0.25) is 14.6 Å². The van der Waals surface area contributed by atoms with Gasteiger partial charge in [-0.15, -0.1) is 0 Å². The van der Waals surface area contributed by atoms with Crippen LogP contribution in [0, 0.1) is 23.2 Å². The Kier molecular flexibility index (Phi) is 5.68. The number of hydrogen-bond acceptors (Lipinski definition) is 6. The maximum absolute atomic E-state index is 12.2. The van der Waals surface area contributed by atoms with Crippen molar-refractivity contribution in [3.05, 3.63) is 30.0 Å². The van der Waals surface area contributed by atoms with Crippen molar-refractivity contribution in [2.24, 2.45) is 17.6 Å². The van der Waals surface area contributed by atoms with Gasteiger partial charge >= 0.3 is 0 Å². The summed E-state index contributed by atoms with van der Waals surface area (Å²) in [5.74, 6) is 0.995. The number of nitrogens with two attached hydrogens (primary N) is 1. The number of nitrogens with zero attached hydrogens (tertiary/aromatic N) is 3. The third kappa shape index (κ3) is 4.26. The van der Waals surface area contributed by atoms with Crippen molar-refractivity contribution in [3.63, 3.8) is 0 Å². The molecule has 162 valence electrons. The minimum Gasteiger partial charge on any atom is -0.490 e. The molecule has 1 aromatic carbocycles. The van der Waals surface area contributed by atoms with Gasteiger partial charge in [0.25, 0.3) is 5.91 Å². The van der Waals surface area contributed by atoms with Crippen LogP contribution in [0.4, 0.5) is 0 Å². The van der Waals surface area contributed by atoms with Crippen LogP contribution in [0.2, 0.25) is 0 Å². The standard InChI is InChI=1S/C23H26N4O4/c1-13(2)30-21-10-16-18(9-17(21)23(25)29)26-6-4-19(16)31-20-8-14-7-15(20)12-27(11-14)22(28)3-5-24/h4,6,9-10,13-15,20H,3,7-8,11-12H2,1-2H3,(H2,25,29)/t14-,15-,20-/m0/s1. The number of carbonyl (C=O) groups excluding carboxylic acids is 2. The van der Waals surface area contributed by atoms with Gasteiger partial charge in [-0.1, -0.05) is 0 Å². The van der Waals surface area contributed by atoms with E-state index in [1.807, 2.05) is 26.0 Å². The Morgan fingerprint density at radius 1 is 1.29 bits per heavy atom. The van der Waals surface area contributed by atoms with Gasteiger partial charge in [-0.25, -0.2) is 0 Å². The Bertz CT molecular complexity index is 1060. The lowest BCUT2D eigenvalue weighted by Crippen LogP contribution is -2.42. The molecule has 1 saturated carbocycles. The molecule has 1 saturated heterocycles. The van der Waals surface area contributed by atoms with E-state index in [1.54, 1.807) is 23.2 Å². The van der Waals surface area contributed by atoms with Crippen LogP contribution in [-0.4, -0.2) is 47.0 Å². The fraction of sp³-hybridized carbons (Fsp3) is 0.478. The van der Waals surface area contributed by atoms with Crippen molar-refractivity contribution < 1.29 is 19.1 Å². The molecule has 8 heteroatoms. The number of ether oxygens (including phenoxy) is 2. The molecule has 2 N–H and O–H groups in total. The molecule has 2 aliphatic rings. The van der Waals surface area contributed by atoms with E-state index >= 15 is 0 Å². The summed E-state index contributed by atoms with van der Waals surface area (Å²) in [6.45, 7) is 5.06. The van der Waals surface area contributed by atoms with E-state index in [0.717, 1.165) is 18.2 Å². The summed E-state index contributed by atoms with van der Waals surface area (Å²) in [6.07, 6.45) is 3.29. The van der Waals surface area contributed by atoms with Gasteiger partial charge in [0.15, 0.2) is 0 Å². The second kappa shape index (κ2) is 8.42. The summed E-state index contributed by atoms with van der Waals surface area (Å²) in [4.78, 5) is 30.2. The molecule has 0 spiro atoms. The van der Waals surface area contributed by atoms with E-state index in [0.29, 0.717) is 36.0 Å². The van der Waals surface area contributed by atoms with Crippen molar-refractivity contribution in [1.82, 2.24) is 9.88 Å². The minimum absolute atomic E-state index is 0.0271. The van der Waals surface area contributed by atoms with Gasteiger partial charge in [0.1, 0.15) is 24.0 Å². The normalized spacial score (nSPS) is 22.4. The van der Waals surface area contributed by atoms with Crippen molar-refractivity contribution in [2.45, 2.75) is 45.3 Å². The first-order valence-corrected chi connectivity index (χ1v) is 10.6. The van der Waals surface area contributed by atoms with Crippen LogP contribution in [0.15, 0.2) is 24.4 Å². The largest absolute Gasteiger partial charge is 0.490 e. The zero-order valence-corrected chi connectivity index (χ0v) is 17.7. The number of fused-ring (bicyclic) bond motifs is 3. The number of piperidine rings is 1. The molecule has 2 amide bonds. The Morgan fingerprint density at radius 2 is 2.10 bits per heavy atom. The van der Waals surface area contributed by atoms with Crippen LogP contribution in [0.3, 0.4) is 0 Å². The lowest BCUT2D eigenvalue weighted by atomic mass is 9.98. The van der Waals surface area contributed by atoms with Crippen LogP contribution in [0.1, 0.15) is 43.5 Å². The quantitative estimate of drug-likeness (QED) is 0.764. The number of rotatable bonds is 6. The Labute approximate surface area is 180 Å². The molecule has 1 aromatic heterocycles. The Morgan fingerprint density at radius 3 is 2.81 bits per heavy atom. The number of benzene rings is 1. The van der Waals surface area contributed by atoms with E-state index < -0.39 is 5.91 Å². The zero-order valence-electron chi connectivity index (χ0n) is 17.7. The van der Waals surface area contributed by atoms with Crippen molar-refractivity contribution >= 4 is 22.7 Å². The lowest BCUT2D eigenvalue weighted by Gasteiger charge is -2.32. The first-order valence-electron chi connectivity index (χ1n) is 10.6. The Balaban J connectivity index is 1.61. The summed E-state index contributed by atoms with van der Waals surface area (Å²) in [6, 6.07) is 7.16. The monoisotopic (exact) mass is 422 g/mol. The summed E-state index contributed by atoms with van der Waals surface area (Å²) in [5, 5.41) is 9.58. The van der Waals surface area contributed by atoms with Crippen LogP contribution in [0.5, 0.6) is 11.5 Å². The molecule has 2 heterocycles. The van der Waals surface area contributed by atoms with Gasteiger partial charge in [0.05, 0.1) is 23.3 Å². The molecule has 8 nitrogen and oxygen atoms in total. The molecule has 1 aliphatic carbocycles. The van der Waals surface area contributed by atoms with Gasteiger partial charge < -0.3 is 20.1 Å². The number of likely N-dealkylation sites (tertiary alicyclic amines) is 1.